The summed E-state index contributed by atoms with van der Waals surface area (Å²) in [5, 5.41) is 9.38. The fourth-order valence-corrected chi connectivity index (χ4v) is 3.24. The summed E-state index contributed by atoms with van der Waals surface area (Å²) in [7, 11) is 0. The van der Waals surface area contributed by atoms with Crippen molar-refractivity contribution < 1.29 is 19.4 Å². The normalized spacial score (nSPS) is 27.7. The standard InChI is InChI=1S/C16H22N2O4/c1-9(2)13-14(17-18-15(13)16(19)20)10-4-5-11-12(8-10)22-7-3-6-21-11/h4-5,8-9,13-15,17-18H,3,6-7H2,1-2H3,(H,19,20). The summed E-state index contributed by atoms with van der Waals surface area (Å²) in [5.74, 6) is 0.844. The zero-order chi connectivity index (χ0) is 15.7. The molecule has 1 saturated heterocycles. The third-order valence-electron chi connectivity index (χ3n) is 4.33. The summed E-state index contributed by atoms with van der Waals surface area (Å²) >= 11 is 0. The number of fused-ring (bicyclic) bond motifs is 1. The van der Waals surface area contributed by atoms with Crippen LogP contribution in [0.25, 0.3) is 0 Å². The number of rotatable bonds is 3. The number of carbonyl (C=O) groups is 1. The van der Waals surface area contributed by atoms with Crippen LogP contribution in [0.2, 0.25) is 0 Å². The number of carboxylic acid groups (broad SMARTS) is 1. The van der Waals surface area contributed by atoms with E-state index in [2.05, 4.69) is 10.9 Å². The van der Waals surface area contributed by atoms with Gasteiger partial charge in [-0.3, -0.25) is 4.79 Å². The highest BCUT2D eigenvalue weighted by Crippen LogP contribution is 2.38. The van der Waals surface area contributed by atoms with Gasteiger partial charge in [-0.2, -0.15) is 0 Å². The first kappa shape index (κ1) is 15.1. The smallest absolute Gasteiger partial charge is 0.322 e. The maximum Gasteiger partial charge on any atom is 0.322 e. The summed E-state index contributed by atoms with van der Waals surface area (Å²) in [6.07, 6.45) is 0.864. The first-order valence-electron chi connectivity index (χ1n) is 7.71. The minimum Gasteiger partial charge on any atom is -0.490 e. The highest BCUT2D eigenvalue weighted by molar-refractivity contribution is 5.74. The fraction of sp³-hybridized carbons (Fsp3) is 0.562. The molecule has 2 aliphatic heterocycles. The molecule has 1 aromatic rings. The summed E-state index contributed by atoms with van der Waals surface area (Å²) in [6.45, 7) is 5.39. The molecular formula is C16H22N2O4. The van der Waals surface area contributed by atoms with Crippen molar-refractivity contribution in [1.29, 1.82) is 0 Å². The van der Waals surface area contributed by atoms with Gasteiger partial charge in [-0.15, -0.1) is 0 Å². The Morgan fingerprint density at radius 2 is 1.95 bits per heavy atom. The second-order valence-electron chi connectivity index (χ2n) is 6.16. The zero-order valence-corrected chi connectivity index (χ0v) is 12.8. The first-order chi connectivity index (χ1) is 10.6. The average Bonchev–Trinajstić information content (AvgIpc) is 2.80. The van der Waals surface area contributed by atoms with Crippen LogP contribution in [0.3, 0.4) is 0 Å². The minimum absolute atomic E-state index is 0.0396. The van der Waals surface area contributed by atoms with Crippen LogP contribution < -0.4 is 20.3 Å². The van der Waals surface area contributed by atoms with Crippen LogP contribution in [0.4, 0.5) is 0 Å². The van der Waals surface area contributed by atoms with E-state index < -0.39 is 12.0 Å². The second-order valence-corrected chi connectivity index (χ2v) is 6.16. The molecular weight excluding hydrogens is 284 g/mol. The maximum atomic E-state index is 11.4. The molecule has 120 valence electrons. The number of nitrogens with one attached hydrogen (secondary N) is 2. The molecule has 0 aliphatic carbocycles. The predicted octanol–water partition coefficient (Wildman–Crippen LogP) is 1.72. The maximum absolute atomic E-state index is 11.4. The number of aliphatic carboxylic acids is 1. The summed E-state index contributed by atoms with van der Waals surface area (Å²) < 4.78 is 11.4. The Balaban J connectivity index is 1.90. The zero-order valence-electron chi connectivity index (χ0n) is 12.8. The number of hydrazine groups is 1. The monoisotopic (exact) mass is 306 g/mol. The largest absolute Gasteiger partial charge is 0.490 e. The SMILES string of the molecule is CC(C)C1C(C(=O)O)NNC1c1ccc2c(c1)OCCCO2. The van der Waals surface area contributed by atoms with Gasteiger partial charge in [-0.05, 0) is 23.6 Å². The molecule has 0 amide bonds. The number of carboxylic acids is 1. The van der Waals surface area contributed by atoms with Crippen LogP contribution in [-0.2, 0) is 4.79 Å². The third-order valence-corrected chi connectivity index (χ3v) is 4.33. The third kappa shape index (κ3) is 2.76. The Morgan fingerprint density at radius 1 is 1.23 bits per heavy atom. The molecule has 3 atom stereocenters. The Labute approximate surface area is 129 Å². The van der Waals surface area contributed by atoms with Crippen LogP contribution in [0.1, 0.15) is 31.9 Å². The summed E-state index contributed by atoms with van der Waals surface area (Å²) in [4.78, 5) is 11.4. The van der Waals surface area contributed by atoms with Gasteiger partial charge >= 0.3 is 5.97 Å². The molecule has 3 rings (SSSR count). The molecule has 0 saturated carbocycles. The van der Waals surface area contributed by atoms with Crippen LogP contribution in [0, 0.1) is 11.8 Å². The highest BCUT2D eigenvalue weighted by atomic mass is 16.5. The molecule has 2 aliphatic rings. The molecule has 6 nitrogen and oxygen atoms in total. The van der Waals surface area contributed by atoms with E-state index in [0.717, 1.165) is 23.5 Å². The lowest BCUT2D eigenvalue weighted by Crippen LogP contribution is -2.39. The minimum atomic E-state index is -0.831. The Kier molecular flexibility index (Phi) is 4.22. The van der Waals surface area contributed by atoms with Crippen molar-refractivity contribution in [2.45, 2.75) is 32.4 Å². The van der Waals surface area contributed by atoms with Crippen molar-refractivity contribution >= 4 is 5.97 Å². The number of hydrogen-bond donors (Lipinski definition) is 3. The highest BCUT2D eigenvalue weighted by Gasteiger charge is 2.42. The van der Waals surface area contributed by atoms with Crippen LogP contribution >= 0.6 is 0 Å². The van der Waals surface area contributed by atoms with E-state index in [9.17, 15) is 9.90 Å². The fourth-order valence-electron chi connectivity index (χ4n) is 3.24. The van der Waals surface area contributed by atoms with Crippen molar-refractivity contribution in [3.63, 3.8) is 0 Å². The quantitative estimate of drug-likeness (QED) is 0.789. The van der Waals surface area contributed by atoms with Crippen LogP contribution in [-0.4, -0.2) is 30.3 Å². The molecule has 0 spiro atoms. The molecule has 1 aromatic carbocycles. The molecule has 3 N–H and O–H groups in total. The summed E-state index contributed by atoms with van der Waals surface area (Å²) in [5.41, 5.74) is 7.05. The van der Waals surface area contributed by atoms with E-state index in [1.54, 1.807) is 0 Å². The lowest BCUT2D eigenvalue weighted by atomic mass is 9.81. The predicted molar refractivity (Wildman–Crippen MR) is 80.8 cm³/mol. The molecule has 22 heavy (non-hydrogen) atoms. The van der Waals surface area contributed by atoms with E-state index in [4.69, 9.17) is 9.47 Å². The number of ether oxygens (including phenoxy) is 2. The molecule has 3 unspecified atom stereocenters. The molecule has 0 bridgehead atoms. The van der Waals surface area contributed by atoms with Gasteiger partial charge in [0.2, 0.25) is 0 Å². The van der Waals surface area contributed by atoms with Crippen LogP contribution in [0.5, 0.6) is 11.5 Å². The van der Waals surface area contributed by atoms with Gasteiger partial charge in [0.15, 0.2) is 11.5 Å². The Bertz CT molecular complexity index is 561. The summed E-state index contributed by atoms with van der Waals surface area (Å²) in [6, 6.07) is 5.18. The van der Waals surface area contributed by atoms with E-state index >= 15 is 0 Å². The van der Waals surface area contributed by atoms with E-state index in [1.807, 2.05) is 32.0 Å². The molecule has 0 radical (unpaired) electrons. The van der Waals surface area contributed by atoms with Gasteiger partial charge < -0.3 is 14.6 Å². The topological polar surface area (TPSA) is 79.8 Å². The molecule has 1 fully saturated rings. The second kappa shape index (κ2) is 6.14. The van der Waals surface area contributed by atoms with Crippen molar-refractivity contribution in [2.24, 2.45) is 11.8 Å². The van der Waals surface area contributed by atoms with E-state index in [0.29, 0.717) is 13.2 Å². The lowest BCUT2D eigenvalue weighted by Gasteiger charge is -2.25. The van der Waals surface area contributed by atoms with Gasteiger partial charge in [-0.1, -0.05) is 19.9 Å². The van der Waals surface area contributed by atoms with Crippen molar-refractivity contribution in [2.75, 3.05) is 13.2 Å². The number of benzene rings is 1. The van der Waals surface area contributed by atoms with Crippen molar-refractivity contribution in [3.8, 4) is 11.5 Å². The van der Waals surface area contributed by atoms with Crippen LogP contribution in [0.15, 0.2) is 18.2 Å². The van der Waals surface area contributed by atoms with Crippen molar-refractivity contribution in [3.05, 3.63) is 23.8 Å². The van der Waals surface area contributed by atoms with Crippen molar-refractivity contribution in [1.82, 2.24) is 10.9 Å². The van der Waals surface area contributed by atoms with E-state index in [1.165, 1.54) is 0 Å². The molecule has 2 heterocycles. The Morgan fingerprint density at radius 3 is 2.64 bits per heavy atom. The van der Waals surface area contributed by atoms with E-state index in [-0.39, 0.29) is 17.9 Å². The number of hydrogen-bond acceptors (Lipinski definition) is 5. The van der Waals surface area contributed by atoms with Gasteiger partial charge in [0.25, 0.3) is 0 Å². The van der Waals surface area contributed by atoms with Gasteiger partial charge in [0.05, 0.1) is 19.3 Å². The Hall–Kier alpha value is -1.79. The van der Waals surface area contributed by atoms with Gasteiger partial charge in [0, 0.05) is 12.3 Å². The molecule has 0 aromatic heterocycles. The van der Waals surface area contributed by atoms with Gasteiger partial charge in [0.1, 0.15) is 6.04 Å². The average molecular weight is 306 g/mol. The van der Waals surface area contributed by atoms with Gasteiger partial charge in [-0.25, -0.2) is 10.9 Å². The molecule has 6 heteroatoms. The first-order valence-corrected chi connectivity index (χ1v) is 7.71. The lowest BCUT2D eigenvalue weighted by molar-refractivity contribution is -0.140.